The summed E-state index contributed by atoms with van der Waals surface area (Å²) in [6.45, 7) is 9.06. The van der Waals surface area contributed by atoms with Crippen molar-refractivity contribution in [2.45, 2.75) is 52.4 Å². The van der Waals surface area contributed by atoms with Gasteiger partial charge < -0.3 is 10.1 Å². The third-order valence-electron chi connectivity index (χ3n) is 2.95. The van der Waals surface area contributed by atoms with Crippen molar-refractivity contribution in [1.82, 2.24) is 5.32 Å². The first kappa shape index (κ1) is 18.8. The van der Waals surface area contributed by atoms with E-state index in [1.807, 2.05) is 0 Å². The number of nitrogens with zero attached hydrogens (tertiary/aromatic N) is 1. The maximum atomic E-state index is 11.6. The molecular weight excluding hydrogens is 256 g/mol. The Hall–Kier alpha value is -1.23. The van der Waals surface area contributed by atoms with E-state index < -0.39 is 0 Å². The van der Waals surface area contributed by atoms with Crippen molar-refractivity contribution in [3.05, 3.63) is 0 Å². The molecule has 0 saturated carbocycles. The predicted molar refractivity (Wildman–Crippen MR) is 80.1 cm³/mol. The van der Waals surface area contributed by atoms with Gasteiger partial charge in [-0.2, -0.15) is 4.58 Å². The quantitative estimate of drug-likeness (QED) is 0.337. The minimum atomic E-state index is -0.181. The van der Waals surface area contributed by atoms with Crippen LogP contribution in [0, 0.1) is 0 Å². The molecule has 5 nitrogen and oxygen atoms in total. The summed E-state index contributed by atoms with van der Waals surface area (Å²) in [6, 6.07) is 0. The molecule has 0 aromatic carbocycles. The third-order valence-corrected chi connectivity index (χ3v) is 2.95. The lowest BCUT2D eigenvalue weighted by molar-refractivity contribution is -0.443. The molecule has 0 aliphatic heterocycles. The van der Waals surface area contributed by atoms with Crippen molar-refractivity contribution in [1.29, 1.82) is 0 Å². The van der Waals surface area contributed by atoms with E-state index in [4.69, 9.17) is 4.74 Å². The van der Waals surface area contributed by atoms with E-state index in [9.17, 15) is 9.59 Å². The van der Waals surface area contributed by atoms with Crippen LogP contribution in [0.4, 0.5) is 0 Å². The van der Waals surface area contributed by atoms with Crippen LogP contribution in [0.25, 0.3) is 0 Å². The van der Waals surface area contributed by atoms with Gasteiger partial charge in [-0.15, -0.1) is 0 Å². The molecule has 116 valence electrons. The van der Waals surface area contributed by atoms with Crippen LogP contribution in [0.5, 0.6) is 0 Å². The first-order valence-electron chi connectivity index (χ1n) is 7.57. The van der Waals surface area contributed by atoms with Gasteiger partial charge in [0.2, 0.25) is 5.91 Å². The zero-order chi connectivity index (χ0) is 15.2. The Morgan fingerprint density at radius 1 is 1.05 bits per heavy atom. The Balaban J connectivity index is 3.59. The Morgan fingerprint density at radius 3 is 2.35 bits per heavy atom. The van der Waals surface area contributed by atoms with Crippen LogP contribution in [0.3, 0.4) is 0 Å². The molecular formula is C15H29N2O3+. The van der Waals surface area contributed by atoms with Crippen LogP contribution in [-0.2, 0) is 14.3 Å². The highest BCUT2D eigenvalue weighted by molar-refractivity contribution is 5.77. The van der Waals surface area contributed by atoms with Gasteiger partial charge in [-0.3, -0.25) is 4.79 Å². The lowest BCUT2D eigenvalue weighted by atomic mass is 10.2. The highest BCUT2D eigenvalue weighted by Gasteiger charge is 2.15. The van der Waals surface area contributed by atoms with Crippen molar-refractivity contribution < 1.29 is 18.9 Å². The van der Waals surface area contributed by atoms with Gasteiger partial charge in [0, 0.05) is 13.0 Å². The molecule has 0 saturated heterocycles. The lowest BCUT2D eigenvalue weighted by Crippen LogP contribution is -2.31. The SMILES string of the molecule is C=[N+](CCCCC)C(=O)COCC(=O)NCCCCC. The second-order valence-corrected chi connectivity index (χ2v) is 4.91. The number of unbranched alkanes of at least 4 members (excludes halogenated alkanes) is 4. The van der Waals surface area contributed by atoms with Crippen molar-refractivity contribution >= 4 is 18.5 Å². The minimum Gasteiger partial charge on any atom is -0.357 e. The van der Waals surface area contributed by atoms with Crippen LogP contribution in [0.2, 0.25) is 0 Å². The fourth-order valence-electron chi connectivity index (χ4n) is 1.65. The average Bonchev–Trinajstić information content (AvgIpc) is 2.43. The highest BCUT2D eigenvalue weighted by atomic mass is 16.5. The summed E-state index contributed by atoms with van der Waals surface area (Å²) in [7, 11) is 0. The summed E-state index contributed by atoms with van der Waals surface area (Å²) in [4.78, 5) is 23.0. The number of amides is 2. The van der Waals surface area contributed by atoms with E-state index in [0.29, 0.717) is 13.1 Å². The van der Waals surface area contributed by atoms with E-state index in [1.54, 1.807) is 0 Å². The largest absolute Gasteiger partial charge is 0.412 e. The fourth-order valence-corrected chi connectivity index (χ4v) is 1.65. The van der Waals surface area contributed by atoms with E-state index in [0.717, 1.165) is 38.5 Å². The molecule has 0 radical (unpaired) electrons. The zero-order valence-electron chi connectivity index (χ0n) is 13.0. The maximum absolute atomic E-state index is 11.6. The summed E-state index contributed by atoms with van der Waals surface area (Å²) in [6.07, 6.45) is 6.35. The molecule has 0 aromatic rings. The molecule has 0 heterocycles. The van der Waals surface area contributed by atoms with Gasteiger partial charge in [-0.1, -0.05) is 33.1 Å². The second kappa shape index (κ2) is 12.8. The second-order valence-electron chi connectivity index (χ2n) is 4.91. The summed E-state index contributed by atoms with van der Waals surface area (Å²) in [5.74, 6) is -0.351. The molecule has 0 aliphatic rings. The number of rotatable bonds is 12. The average molecular weight is 285 g/mol. The smallest absolute Gasteiger partial charge is 0.357 e. The molecule has 0 aromatic heterocycles. The molecule has 0 bridgehead atoms. The molecule has 0 atom stereocenters. The molecule has 0 fully saturated rings. The molecule has 5 heteroatoms. The Morgan fingerprint density at radius 2 is 1.70 bits per heavy atom. The third kappa shape index (κ3) is 10.7. The summed E-state index contributed by atoms with van der Waals surface area (Å²) >= 11 is 0. The van der Waals surface area contributed by atoms with Gasteiger partial charge >= 0.3 is 5.91 Å². The summed E-state index contributed by atoms with van der Waals surface area (Å²) in [5.41, 5.74) is 0. The van der Waals surface area contributed by atoms with Gasteiger partial charge in [0.25, 0.3) is 0 Å². The molecule has 2 amide bonds. The van der Waals surface area contributed by atoms with Crippen LogP contribution in [0.1, 0.15) is 52.4 Å². The summed E-state index contributed by atoms with van der Waals surface area (Å²) in [5, 5.41) is 2.76. The van der Waals surface area contributed by atoms with Gasteiger partial charge in [0.1, 0.15) is 13.3 Å². The van der Waals surface area contributed by atoms with Crippen LogP contribution < -0.4 is 5.32 Å². The van der Waals surface area contributed by atoms with Gasteiger partial charge in [0.05, 0.1) is 0 Å². The number of hydrogen-bond donors (Lipinski definition) is 1. The van der Waals surface area contributed by atoms with E-state index >= 15 is 0 Å². The van der Waals surface area contributed by atoms with Crippen molar-refractivity contribution in [2.75, 3.05) is 26.3 Å². The van der Waals surface area contributed by atoms with E-state index in [2.05, 4.69) is 25.9 Å². The molecule has 1 N–H and O–H groups in total. The predicted octanol–water partition coefficient (Wildman–Crippen LogP) is 1.74. The molecule has 0 rings (SSSR count). The van der Waals surface area contributed by atoms with Gasteiger partial charge in [0.15, 0.2) is 13.2 Å². The standard InChI is InChI=1S/C15H28N2O3/c1-4-6-8-10-16-14(18)12-20-13-15(19)17(3)11-9-7-5-2/h3-13H2,1-2H3/p+1. The monoisotopic (exact) mass is 285 g/mol. The van der Waals surface area contributed by atoms with Crippen molar-refractivity contribution in [3.63, 3.8) is 0 Å². The van der Waals surface area contributed by atoms with Crippen LogP contribution >= 0.6 is 0 Å². The number of nitrogens with one attached hydrogen (secondary N) is 1. The Kier molecular flexibility index (Phi) is 12.0. The molecule has 0 spiro atoms. The normalized spacial score (nSPS) is 10.3. The van der Waals surface area contributed by atoms with Crippen LogP contribution in [-0.4, -0.2) is 49.4 Å². The van der Waals surface area contributed by atoms with Crippen molar-refractivity contribution in [2.24, 2.45) is 0 Å². The molecule has 0 aliphatic carbocycles. The number of carbonyl (C=O) groups is 2. The number of ether oxygens (including phenoxy) is 1. The Bertz CT molecular complexity index is 303. The molecule has 0 unspecified atom stereocenters. The first-order chi connectivity index (χ1) is 9.61. The lowest BCUT2D eigenvalue weighted by Gasteiger charge is -2.05. The summed E-state index contributed by atoms with van der Waals surface area (Å²) < 4.78 is 6.51. The Labute approximate surface area is 122 Å². The minimum absolute atomic E-state index is 0.0688. The van der Waals surface area contributed by atoms with E-state index in [1.165, 1.54) is 4.58 Å². The van der Waals surface area contributed by atoms with Crippen LogP contribution in [0.15, 0.2) is 0 Å². The first-order valence-corrected chi connectivity index (χ1v) is 7.57. The zero-order valence-corrected chi connectivity index (χ0v) is 13.0. The van der Waals surface area contributed by atoms with Gasteiger partial charge in [-0.05, 0) is 12.8 Å². The highest BCUT2D eigenvalue weighted by Crippen LogP contribution is 1.94. The van der Waals surface area contributed by atoms with Crippen molar-refractivity contribution in [3.8, 4) is 0 Å². The topological polar surface area (TPSA) is 58.4 Å². The number of carbonyl (C=O) groups excluding carboxylic acids is 2. The fraction of sp³-hybridized carbons (Fsp3) is 0.800. The van der Waals surface area contributed by atoms with E-state index in [-0.39, 0.29) is 25.0 Å². The van der Waals surface area contributed by atoms with Gasteiger partial charge in [-0.25, -0.2) is 4.79 Å². The maximum Gasteiger partial charge on any atom is 0.412 e. The molecule has 20 heavy (non-hydrogen) atoms. The number of hydrogen-bond acceptors (Lipinski definition) is 3.